The molecule has 10 heavy (non-hydrogen) atoms. The predicted octanol–water partition coefficient (Wildman–Crippen LogP) is 0.113. The van der Waals surface area contributed by atoms with Gasteiger partial charge in [-0.3, -0.25) is 9.69 Å². The number of nitrogens with zero attached hydrogens (tertiary/aromatic N) is 1. The maximum Gasteiger partial charge on any atom is 0.228 e. The van der Waals surface area contributed by atoms with Crippen molar-refractivity contribution in [3.63, 3.8) is 0 Å². The van der Waals surface area contributed by atoms with Crippen molar-refractivity contribution in [2.45, 2.75) is 13.3 Å². The number of hydrogen-bond donors (Lipinski definition) is 1. The summed E-state index contributed by atoms with van der Waals surface area (Å²) in [6.07, 6.45) is 0.530. The second-order valence-corrected chi connectivity index (χ2v) is 2.52. The summed E-state index contributed by atoms with van der Waals surface area (Å²) in [6.45, 7) is 3.36. The van der Waals surface area contributed by atoms with Crippen molar-refractivity contribution in [3.8, 4) is 0 Å². The molecule has 0 atom stereocenters. The first-order valence-electron chi connectivity index (χ1n) is 3.34. The van der Waals surface area contributed by atoms with Crippen molar-refractivity contribution in [1.29, 1.82) is 0 Å². The van der Waals surface area contributed by atoms with Crippen LogP contribution in [0.15, 0.2) is 0 Å². The van der Waals surface area contributed by atoms with Crippen LogP contribution in [0.4, 0.5) is 0 Å². The first kappa shape index (κ1) is 7.47. The molecule has 0 aromatic rings. The predicted molar refractivity (Wildman–Crippen MR) is 42.6 cm³/mol. The van der Waals surface area contributed by atoms with Crippen LogP contribution in [0.3, 0.4) is 0 Å². The summed E-state index contributed by atoms with van der Waals surface area (Å²) in [5.74, 6) is 0.106. The third-order valence-electron chi connectivity index (χ3n) is 1.46. The summed E-state index contributed by atoms with van der Waals surface area (Å²) in [5.41, 5.74) is 0. The molecule has 0 spiro atoms. The van der Waals surface area contributed by atoms with E-state index in [0.29, 0.717) is 11.5 Å². The summed E-state index contributed by atoms with van der Waals surface area (Å²) in [6, 6.07) is 0. The zero-order valence-electron chi connectivity index (χ0n) is 5.89. The van der Waals surface area contributed by atoms with Gasteiger partial charge in [0.2, 0.25) is 5.91 Å². The largest absolute Gasteiger partial charge is 0.360 e. The molecule has 0 radical (unpaired) electrons. The van der Waals surface area contributed by atoms with Gasteiger partial charge in [-0.05, 0) is 12.2 Å². The van der Waals surface area contributed by atoms with Gasteiger partial charge in [-0.2, -0.15) is 0 Å². The Morgan fingerprint density at radius 3 is 3.00 bits per heavy atom. The van der Waals surface area contributed by atoms with E-state index in [-0.39, 0.29) is 5.91 Å². The molecule has 0 bridgehead atoms. The summed E-state index contributed by atoms with van der Waals surface area (Å²) in [5, 5.41) is 3.50. The van der Waals surface area contributed by atoms with Crippen molar-refractivity contribution >= 4 is 23.2 Å². The second-order valence-electron chi connectivity index (χ2n) is 2.13. The maximum absolute atomic E-state index is 11.0. The number of thiocarbonyl (C=S) groups is 1. The molecule has 1 rings (SSSR count). The lowest BCUT2D eigenvalue weighted by Gasteiger charge is -2.11. The lowest BCUT2D eigenvalue weighted by molar-refractivity contribution is -0.126. The Balaban J connectivity index is 2.55. The van der Waals surface area contributed by atoms with Gasteiger partial charge in [0.25, 0.3) is 0 Å². The second kappa shape index (κ2) is 2.96. The standard InChI is InChI=1S/C6H10N2OS/c1-2-5(9)8-4-3-7-6(8)10/h2-4H2,1H3,(H,7,10). The van der Waals surface area contributed by atoms with Crippen molar-refractivity contribution in [2.75, 3.05) is 13.1 Å². The Labute approximate surface area is 65.4 Å². The van der Waals surface area contributed by atoms with Crippen LogP contribution in [0.2, 0.25) is 0 Å². The van der Waals surface area contributed by atoms with E-state index in [1.54, 1.807) is 4.90 Å². The molecule has 1 aliphatic heterocycles. The van der Waals surface area contributed by atoms with Gasteiger partial charge >= 0.3 is 0 Å². The monoisotopic (exact) mass is 158 g/mol. The Bertz CT molecular complexity index is 169. The molecule has 56 valence electrons. The van der Waals surface area contributed by atoms with Crippen molar-refractivity contribution in [1.82, 2.24) is 10.2 Å². The van der Waals surface area contributed by atoms with Gasteiger partial charge < -0.3 is 5.32 Å². The van der Waals surface area contributed by atoms with Crippen molar-refractivity contribution < 1.29 is 4.79 Å². The Hall–Kier alpha value is -0.640. The van der Waals surface area contributed by atoms with E-state index in [1.165, 1.54) is 0 Å². The lowest BCUT2D eigenvalue weighted by atomic mass is 10.4. The van der Waals surface area contributed by atoms with Crippen LogP contribution in [-0.2, 0) is 4.79 Å². The van der Waals surface area contributed by atoms with Gasteiger partial charge in [-0.25, -0.2) is 0 Å². The first-order valence-corrected chi connectivity index (χ1v) is 3.74. The van der Waals surface area contributed by atoms with Crippen LogP contribution in [0.25, 0.3) is 0 Å². The third kappa shape index (κ3) is 1.26. The highest BCUT2D eigenvalue weighted by Crippen LogP contribution is 1.99. The van der Waals surface area contributed by atoms with Crippen LogP contribution in [0.1, 0.15) is 13.3 Å². The average molecular weight is 158 g/mol. The normalized spacial score (nSPS) is 17.3. The van der Waals surface area contributed by atoms with Crippen LogP contribution in [0, 0.1) is 0 Å². The molecule has 3 nitrogen and oxygen atoms in total. The van der Waals surface area contributed by atoms with E-state index in [9.17, 15) is 4.79 Å². The molecule has 1 amide bonds. The summed E-state index contributed by atoms with van der Waals surface area (Å²) in [4.78, 5) is 12.6. The van der Waals surface area contributed by atoms with Crippen LogP contribution < -0.4 is 5.32 Å². The molecule has 0 aromatic heterocycles. The molecule has 0 saturated carbocycles. The molecule has 1 heterocycles. The third-order valence-corrected chi connectivity index (χ3v) is 1.83. The SMILES string of the molecule is CCC(=O)N1CCNC1=S. The van der Waals surface area contributed by atoms with Crippen molar-refractivity contribution in [2.24, 2.45) is 0 Å². The molecular formula is C6H10N2OS. The van der Waals surface area contributed by atoms with Crippen LogP contribution >= 0.6 is 12.2 Å². The Morgan fingerprint density at radius 1 is 1.90 bits per heavy atom. The van der Waals surface area contributed by atoms with Gasteiger partial charge in [0.15, 0.2) is 5.11 Å². The molecule has 0 aliphatic carbocycles. The maximum atomic E-state index is 11.0. The van der Waals surface area contributed by atoms with Gasteiger partial charge in [0.1, 0.15) is 0 Å². The summed E-state index contributed by atoms with van der Waals surface area (Å²) >= 11 is 4.88. The van der Waals surface area contributed by atoms with E-state index < -0.39 is 0 Å². The molecule has 1 aliphatic rings. The minimum absolute atomic E-state index is 0.106. The van der Waals surface area contributed by atoms with E-state index in [0.717, 1.165) is 13.1 Å². The molecule has 1 fully saturated rings. The quantitative estimate of drug-likeness (QED) is 0.550. The molecule has 1 saturated heterocycles. The molecular weight excluding hydrogens is 148 g/mol. The zero-order chi connectivity index (χ0) is 7.56. The first-order chi connectivity index (χ1) is 4.75. The molecule has 0 unspecified atom stereocenters. The number of amides is 1. The Kier molecular flexibility index (Phi) is 2.21. The fourth-order valence-electron chi connectivity index (χ4n) is 0.900. The number of carbonyl (C=O) groups excluding carboxylic acids is 1. The highest BCUT2D eigenvalue weighted by atomic mass is 32.1. The summed E-state index contributed by atoms with van der Waals surface area (Å²) < 4.78 is 0. The molecule has 0 aromatic carbocycles. The number of rotatable bonds is 1. The topological polar surface area (TPSA) is 32.3 Å². The van der Waals surface area contributed by atoms with E-state index in [1.807, 2.05) is 6.92 Å². The minimum Gasteiger partial charge on any atom is -0.360 e. The smallest absolute Gasteiger partial charge is 0.228 e. The van der Waals surface area contributed by atoms with E-state index >= 15 is 0 Å². The highest BCUT2D eigenvalue weighted by Gasteiger charge is 2.20. The van der Waals surface area contributed by atoms with Crippen LogP contribution in [-0.4, -0.2) is 29.0 Å². The number of hydrogen-bond acceptors (Lipinski definition) is 2. The van der Waals surface area contributed by atoms with Crippen molar-refractivity contribution in [3.05, 3.63) is 0 Å². The highest BCUT2D eigenvalue weighted by molar-refractivity contribution is 7.80. The van der Waals surface area contributed by atoms with Gasteiger partial charge in [0.05, 0.1) is 0 Å². The number of nitrogens with one attached hydrogen (secondary N) is 1. The fraction of sp³-hybridized carbons (Fsp3) is 0.667. The Morgan fingerprint density at radius 2 is 2.60 bits per heavy atom. The zero-order valence-corrected chi connectivity index (χ0v) is 6.70. The van der Waals surface area contributed by atoms with E-state index in [2.05, 4.69) is 5.32 Å². The number of carbonyl (C=O) groups is 1. The van der Waals surface area contributed by atoms with Crippen LogP contribution in [0.5, 0.6) is 0 Å². The molecule has 1 N–H and O–H groups in total. The average Bonchev–Trinajstić information content (AvgIpc) is 2.34. The lowest BCUT2D eigenvalue weighted by Crippen LogP contribution is -2.33. The minimum atomic E-state index is 0.106. The van der Waals surface area contributed by atoms with Gasteiger partial charge in [-0.15, -0.1) is 0 Å². The molecule has 4 heteroatoms. The van der Waals surface area contributed by atoms with Gasteiger partial charge in [-0.1, -0.05) is 6.92 Å². The summed E-state index contributed by atoms with van der Waals surface area (Å²) in [7, 11) is 0. The van der Waals surface area contributed by atoms with E-state index in [4.69, 9.17) is 12.2 Å². The fourth-order valence-corrected chi connectivity index (χ4v) is 1.20. The van der Waals surface area contributed by atoms with Gasteiger partial charge in [0, 0.05) is 19.5 Å².